The molecule has 0 radical (unpaired) electrons. The standard InChI is InChI=1S/C14H23N3O3/c1-19-9-7-16(8-10-20-2)14(18)12-4-6-17-13(11-12)3-5-15-17/h3,5,12H,4,6-11H2,1-2H3. The molecule has 1 aromatic heterocycles. The summed E-state index contributed by atoms with van der Waals surface area (Å²) in [7, 11) is 3.30. The zero-order valence-corrected chi connectivity index (χ0v) is 12.2. The monoisotopic (exact) mass is 281 g/mol. The van der Waals surface area contributed by atoms with Crippen LogP contribution in [0, 0.1) is 5.92 Å². The van der Waals surface area contributed by atoms with Gasteiger partial charge in [0.1, 0.15) is 0 Å². The summed E-state index contributed by atoms with van der Waals surface area (Å²) in [6, 6.07) is 1.99. The molecule has 0 aliphatic carbocycles. The van der Waals surface area contributed by atoms with Crippen molar-refractivity contribution < 1.29 is 14.3 Å². The van der Waals surface area contributed by atoms with E-state index in [4.69, 9.17) is 9.47 Å². The minimum atomic E-state index is 0.0490. The first-order valence-electron chi connectivity index (χ1n) is 7.03. The van der Waals surface area contributed by atoms with Gasteiger partial charge in [-0.1, -0.05) is 0 Å². The first kappa shape index (κ1) is 15.0. The molecule has 0 spiro atoms. The molecule has 0 aromatic carbocycles. The molecule has 2 rings (SSSR count). The van der Waals surface area contributed by atoms with Gasteiger partial charge in [-0.25, -0.2) is 0 Å². The summed E-state index contributed by atoms with van der Waals surface area (Å²) >= 11 is 0. The van der Waals surface area contributed by atoms with Gasteiger partial charge < -0.3 is 14.4 Å². The molecule has 1 aliphatic rings. The van der Waals surface area contributed by atoms with Gasteiger partial charge >= 0.3 is 0 Å². The van der Waals surface area contributed by atoms with Crippen molar-refractivity contribution in [1.29, 1.82) is 0 Å². The van der Waals surface area contributed by atoms with Crippen molar-refractivity contribution in [2.24, 2.45) is 5.92 Å². The van der Waals surface area contributed by atoms with Crippen molar-refractivity contribution in [1.82, 2.24) is 14.7 Å². The van der Waals surface area contributed by atoms with Crippen molar-refractivity contribution in [2.75, 3.05) is 40.5 Å². The summed E-state index contributed by atoms with van der Waals surface area (Å²) in [6.07, 6.45) is 3.43. The quantitative estimate of drug-likeness (QED) is 0.733. The van der Waals surface area contributed by atoms with E-state index in [-0.39, 0.29) is 11.8 Å². The molecule has 1 aliphatic heterocycles. The fourth-order valence-electron chi connectivity index (χ4n) is 2.57. The number of ether oxygens (including phenoxy) is 2. The van der Waals surface area contributed by atoms with Gasteiger partial charge in [-0.15, -0.1) is 0 Å². The number of aromatic nitrogens is 2. The molecule has 1 amide bonds. The highest BCUT2D eigenvalue weighted by atomic mass is 16.5. The summed E-state index contributed by atoms with van der Waals surface area (Å²) in [5.41, 5.74) is 1.15. The molecule has 112 valence electrons. The molecule has 1 unspecified atom stereocenters. The molecule has 1 aromatic rings. The zero-order valence-electron chi connectivity index (χ0n) is 12.2. The van der Waals surface area contributed by atoms with Crippen LogP contribution in [0.4, 0.5) is 0 Å². The SMILES string of the molecule is COCCN(CCOC)C(=O)C1CCn2nccc2C1. The van der Waals surface area contributed by atoms with Gasteiger partial charge in [0.2, 0.25) is 5.91 Å². The minimum absolute atomic E-state index is 0.0490. The molecule has 1 atom stereocenters. The van der Waals surface area contributed by atoms with Crippen LogP contribution in [0.25, 0.3) is 0 Å². The molecule has 2 heterocycles. The number of carbonyl (C=O) groups is 1. The van der Waals surface area contributed by atoms with Gasteiger partial charge in [0, 0.05) is 58.1 Å². The van der Waals surface area contributed by atoms with Crippen LogP contribution >= 0.6 is 0 Å². The predicted octanol–water partition coefficient (Wildman–Crippen LogP) is 0.567. The van der Waals surface area contributed by atoms with E-state index in [0.29, 0.717) is 26.3 Å². The second-order valence-corrected chi connectivity index (χ2v) is 5.05. The van der Waals surface area contributed by atoms with E-state index in [9.17, 15) is 4.79 Å². The Morgan fingerprint density at radius 3 is 2.75 bits per heavy atom. The second-order valence-electron chi connectivity index (χ2n) is 5.05. The Kier molecular flexibility index (Phi) is 5.55. The zero-order chi connectivity index (χ0) is 14.4. The third-order valence-electron chi connectivity index (χ3n) is 3.74. The van der Waals surface area contributed by atoms with Crippen LogP contribution in [0.3, 0.4) is 0 Å². The number of amides is 1. The number of rotatable bonds is 7. The lowest BCUT2D eigenvalue weighted by Gasteiger charge is -2.29. The first-order valence-corrected chi connectivity index (χ1v) is 7.03. The van der Waals surface area contributed by atoms with Crippen LogP contribution in [0.5, 0.6) is 0 Å². The maximum absolute atomic E-state index is 12.6. The number of carbonyl (C=O) groups excluding carboxylic acids is 1. The number of hydrogen-bond acceptors (Lipinski definition) is 4. The molecule has 0 saturated carbocycles. The lowest BCUT2D eigenvalue weighted by Crippen LogP contribution is -2.42. The normalized spacial score (nSPS) is 17.8. The van der Waals surface area contributed by atoms with Gasteiger partial charge in [-0.05, 0) is 12.5 Å². The van der Waals surface area contributed by atoms with E-state index >= 15 is 0 Å². The smallest absolute Gasteiger partial charge is 0.226 e. The van der Waals surface area contributed by atoms with E-state index in [0.717, 1.165) is 25.1 Å². The molecular weight excluding hydrogens is 258 g/mol. The van der Waals surface area contributed by atoms with E-state index in [1.165, 1.54) is 0 Å². The molecule has 0 saturated heterocycles. The predicted molar refractivity (Wildman–Crippen MR) is 74.4 cm³/mol. The number of fused-ring (bicyclic) bond motifs is 1. The van der Waals surface area contributed by atoms with Crippen LogP contribution in [0.2, 0.25) is 0 Å². The fourth-order valence-corrected chi connectivity index (χ4v) is 2.57. The van der Waals surface area contributed by atoms with Crippen molar-refractivity contribution in [3.63, 3.8) is 0 Å². The molecular formula is C14H23N3O3. The fraction of sp³-hybridized carbons (Fsp3) is 0.714. The van der Waals surface area contributed by atoms with Crippen LogP contribution in [-0.2, 0) is 27.2 Å². The summed E-state index contributed by atoms with van der Waals surface area (Å²) in [5.74, 6) is 0.250. The summed E-state index contributed by atoms with van der Waals surface area (Å²) < 4.78 is 12.2. The molecule has 20 heavy (non-hydrogen) atoms. The molecule has 0 bridgehead atoms. The Hall–Kier alpha value is -1.40. The van der Waals surface area contributed by atoms with Crippen LogP contribution < -0.4 is 0 Å². The topological polar surface area (TPSA) is 56.6 Å². The van der Waals surface area contributed by atoms with E-state index < -0.39 is 0 Å². The second kappa shape index (κ2) is 7.40. The van der Waals surface area contributed by atoms with Crippen LogP contribution in [0.15, 0.2) is 12.3 Å². The summed E-state index contributed by atoms with van der Waals surface area (Å²) in [4.78, 5) is 14.5. The largest absolute Gasteiger partial charge is 0.383 e. The summed E-state index contributed by atoms with van der Waals surface area (Å²) in [5, 5.41) is 4.25. The third-order valence-corrected chi connectivity index (χ3v) is 3.74. The minimum Gasteiger partial charge on any atom is -0.383 e. The average molecular weight is 281 g/mol. The van der Waals surface area contributed by atoms with E-state index in [1.807, 2.05) is 15.6 Å². The van der Waals surface area contributed by atoms with Crippen LogP contribution in [-0.4, -0.2) is 61.1 Å². The highest BCUT2D eigenvalue weighted by molar-refractivity contribution is 5.79. The van der Waals surface area contributed by atoms with Crippen molar-refractivity contribution >= 4 is 5.91 Å². The molecule has 6 heteroatoms. The maximum Gasteiger partial charge on any atom is 0.226 e. The van der Waals surface area contributed by atoms with E-state index in [1.54, 1.807) is 20.4 Å². The van der Waals surface area contributed by atoms with Crippen LogP contribution in [0.1, 0.15) is 12.1 Å². The Balaban J connectivity index is 1.96. The van der Waals surface area contributed by atoms with Gasteiger partial charge in [0.15, 0.2) is 0 Å². The Bertz CT molecular complexity index is 425. The number of aryl methyl sites for hydroxylation is 1. The first-order chi connectivity index (χ1) is 9.76. The highest BCUT2D eigenvalue weighted by Crippen LogP contribution is 2.21. The Morgan fingerprint density at radius 1 is 1.40 bits per heavy atom. The average Bonchev–Trinajstić information content (AvgIpc) is 2.94. The molecule has 0 N–H and O–H groups in total. The Labute approximate surface area is 119 Å². The maximum atomic E-state index is 12.6. The van der Waals surface area contributed by atoms with Gasteiger partial charge in [-0.2, -0.15) is 5.10 Å². The summed E-state index contributed by atoms with van der Waals surface area (Å²) in [6.45, 7) is 3.17. The van der Waals surface area contributed by atoms with Gasteiger partial charge in [0.25, 0.3) is 0 Å². The van der Waals surface area contributed by atoms with E-state index in [2.05, 4.69) is 5.10 Å². The Morgan fingerprint density at radius 2 is 2.10 bits per heavy atom. The van der Waals surface area contributed by atoms with Crippen molar-refractivity contribution in [3.05, 3.63) is 18.0 Å². The number of methoxy groups -OCH3 is 2. The number of hydrogen-bond donors (Lipinski definition) is 0. The van der Waals surface area contributed by atoms with Gasteiger partial charge in [-0.3, -0.25) is 9.48 Å². The third kappa shape index (κ3) is 3.58. The van der Waals surface area contributed by atoms with Crippen molar-refractivity contribution in [3.8, 4) is 0 Å². The highest BCUT2D eigenvalue weighted by Gasteiger charge is 2.28. The molecule has 0 fully saturated rings. The van der Waals surface area contributed by atoms with Gasteiger partial charge in [0.05, 0.1) is 13.2 Å². The molecule has 6 nitrogen and oxygen atoms in total. The lowest BCUT2D eigenvalue weighted by molar-refractivity contribution is -0.137. The van der Waals surface area contributed by atoms with Crippen molar-refractivity contribution in [2.45, 2.75) is 19.4 Å². The number of nitrogens with zero attached hydrogens (tertiary/aromatic N) is 3. The lowest BCUT2D eigenvalue weighted by atomic mass is 9.94.